The molecule has 32 heavy (non-hydrogen) atoms. The molecule has 0 aliphatic heterocycles. The van der Waals surface area contributed by atoms with E-state index in [4.69, 9.17) is 9.72 Å². The summed E-state index contributed by atoms with van der Waals surface area (Å²) in [5.41, 5.74) is 2.80. The highest BCUT2D eigenvalue weighted by molar-refractivity contribution is 9.10. The molecule has 0 radical (unpaired) electrons. The second-order valence-corrected chi connectivity index (χ2v) is 8.18. The molecule has 0 amide bonds. The number of hydrogen-bond donors (Lipinski definition) is 1. The maximum Gasteiger partial charge on any atom is 0.161 e. The Balaban J connectivity index is 1.51. The van der Waals surface area contributed by atoms with Gasteiger partial charge >= 0.3 is 0 Å². The third-order valence-electron chi connectivity index (χ3n) is 5.27. The van der Waals surface area contributed by atoms with Crippen molar-refractivity contribution in [3.8, 4) is 17.1 Å². The second kappa shape index (κ2) is 10.5. The minimum atomic E-state index is 0.632. The highest BCUT2D eigenvalue weighted by atomic mass is 79.9. The van der Waals surface area contributed by atoms with Crippen molar-refractivity contribution < 1.29 is 4.74 Å². The Hall–Kier alpha value is -3.03. The van der Waals surface area contributed by atoms with E-state index >= 15 is 0 Å². The van der Waals surface area contributed by atoms with Gasteiger partial charge in [0.25, 0.3) is 0 Å². The zero-order valence-electron chi connectivity index (χ0n) is 18.3. The van der Waals surface area contributed by atoms with Crippen LogP contribution in [0.2, 0.25) is 0 Å². The van der Waals surface area contributed by atoms with E-state index in [1.807, 2.05) is 48.5 Å². The van der Waals surface area contributed by atoms with Crippen LogP contribution in [0.1, 0.15) is 13.8 Å². The summed E-state index contributed by atoms with van der Waals surface area (Å²) < 4.78 is 6.76. The molecule has 0 unspecified atom stereocenters. The molecule has 0 fully saturated rings. The first-order valence-corrected chi connectivity index (χ1v) is 11.6. The van der Waals surface area contributed by atoms with Crippen molar-refractivity contribution >= 4 is 38.3 Å². The van der Waals surface area contributed by atoms with Gasteiger partial charge in [-0.15, -0.1) is 0 Å². The summed E-state index contributed by atoms with van der Waals surface area (Å²) in [5, 5.41) is 4.45. The predicted molar refractivity (Wildman–Crippen MR) is 133 cm³/mol. The van der Waals surface area contributed by atoms with Gasteiger partial charge in [0, 0.05) is 35.6 Å². The van der Waals surface area contributed by atoms with Crippen LogP contribution < -0.4 is 10.1 Å². The van der Waals surface area contributed by atoms with Gasteiger partial charge in [0.15, 0.2) is 5.82 Å². The molecule has 0 saturated carbocycles. The quantitative estimate of drug-likeness (QED) is 0.313. The van der Waals surface area contributed by atoms with E-state index in [9.17, 15) is 0 Å². The van der Waals surface area contributed by atoms with Crippen molar-refractivity contribution in [2.45, 2.75) is 13.8 Å². The summed E-state index contributed by atoms with van der Waals surface area (Å²) in [5.74, 6) is 2.15. The molecule has 0 aliphatic rings. The molecule has 2 aromatic heterocycles. The van der Waals surface area contributed by atoms with E-state index in [2.05, 4.69) is 56.0 Å². The summed E-state index contributed by atoms with van der Waals surface area (Å²) in [6, 6.07) is 17.9. The van der Waals surface area contributed by atoms with Crippen molar-refractivity contribution in [1.29, 1.82) is 0 Å². The number of pyridine rings is 1. The first-order chi connectivity index (χ1) is 15.7. The SMILES string of the molecule is CCN(CC)CCOc1cccc(-c2ncc(Br)c(Nc3ccc4ncccc4c3)n2)c1. The minimum absolute atomic E-state index is 0.632. The normalized spacial score (nSPS) is 11.1. The summed E-state index contributed by atoms with van der Waals surface area (Å²) in [7, 11) is 0. The largest absolute Gasteiger partial charge is 0.492 e. The Morgan fingerprint density at radius 2 is 1.88 bits per heavy atom. The van der Waals surface area contributed by atoms with Gasteiger partial charge in [0.1, 0.15) is 18.2 Å². The number of rotatable bonds is 9. The van der Waals surface area contributed by atoms with Crippen LogP contribution in [0.4, 0.5) is 11.5 Å². The Bertz CT molecular complexity index is 1200. The Labute approximate surface area is 196 Å². The van der Waals surface area contributed by atoms with Gasteiger partial charge in [-0.05, 0) is 65.4 Å². The van der Waals surface area contributed by atoms with Crippen molar-refractivity contribution in [3.63, 3.8) is 0 Å². The zero-order valence-corrected chi connectivity index (χ0v) is 19.8. The Kier molecular flexibility index (Phi) is 7.29. The molecule has 0 bridgehead atoms. The Morgan fingerprint density at radius 1 is 1.00 bits per heavy atom. The lowest BCUT2D eigenvalue weighted by Crippen LogP contribution is -2.27. The zero-order chi connectivity index (χ0) is 22.3. The summed E-state index contributed by atoms with van der Waals surface area (Å²) in [4.78, 5) is 16.0. The van der Waals surface area contributed by atoms with Gasteiger partial charge in [-0.3, -0.25) is 4.98 Å². The molecule has 4 aromatic rings. The first-order valence-electron chi connectivity index (χ1n) is 10.8. The van der Waals surface area contributed by atoms with Gasteiger partial charge < -0.3 is 15.0 Å². The molecule has 2 heterocycles. The topological polar surface area (TPSA) is 63.2 Å². The number of likely N-dealkylation sites (N-methyl/N-ethyl adjacent to an activating group) is 1. The number of benzene rings is 2. The monoisotopic (exact) mass is 491 g/mol. The summed E-state index contributed by atoms with van der Waals surface area (Å²) in [6.45, 7) is 7.93. The standard InChI is InChI=1S/C25H26BrN5O/c1-3-31(4-2)13-14-32-21-9-5-7-19(16-21)24-28-17-22(26)25(30-24)29-20-10-11-23-18(15-20)8-6-12-27-23/h5-12,15-17H,3-4,13-14H2,1-2H3,(H,28,29,30). The first kappa shape index (κ1) is 22.2. The summed E-state index contributed by atoms with van der Waals surface area (Å²) in [6.07, 6.45) is 3.56. The van der Waals surface area contributed by atoms with Crippen LogP contribution in [0.25, 0.3) is 22.3 Å². The molecule has 4 rings (SSSR count). The molecule has 0 saturated heterocycles. The number of ether oxygens (including phenoxy) is 1. The van der Waals surface area contributed by atoms with Crippen molar-refractivity contribution in [2.75, 3.05) is 31.6 Å². The number of halogens is 1. The van der Waals surface area contributed by atoms with E-state index in [-0.39, 0.29) is 0 Å². The fraction of sp³-hybridized carbons (Fsp3) is 0.240. The molecule has 0 spiro atoms. The molecule has 6 nitrogen and oxygen atoms in total. The molecule has 0 aliphatic carbocycles. The minimum Gasteiger partial charge on any atom is -0.492 e. The van der Waals surface area contributed by atoms with Gasteiger partial charge in [-0.2, -0.15) is 0 Å². The number of anilines is 2. The summed E-state index contributed by atoms with van der Waals surface area (Å²) >= 11 is 3.56. The van der Waals surface area contributed by atoms with Crippen molar-refractivity contribution in [1.82, 2.24) is 19.9 Å². The van der Waals surface area contributed by atoms with Crippen molar-refractivity contribution in [2.24, 2.45) is 0 Å². The lowest BCUT2D eigenvalue weighted by Gasteiger charge is -2.18. The van der Waals surface area contributed by atoms with Crippen LogP contribution in [0.15, 0.2) is 71.5 Å². The molecule has 0 atom stereocenters. The highest BCUT2D eigenvalue weighted by Gasteiger charge is 2.09. The van der Waals surface area contributed by atoms with E-state index in [0.717, 1.165) is 52.0 Å². The maximum absolute atomic E-state index is 5.96. The smallest absolute Gasteiger partial charge is 0.161 e. The lowest BCUT2D eigenvalue weighted by atomic mass is 10.2. The lowest BCUT2D eigenvalue weighted by molar-refractivity contribution is 0.223. The third kappa shape index (κ3) is 5.41. The van der Waals surface area contributed by atoms with Crippen LogP contribution in [-0.4, -0.2) is 46.1 Å². The number of hydrogen-bond acceptors (Lipinski definition) is 6. The van der Waals surface area contributed by atoms with Gasteiger partial charge in [0.05, 0.1) is 9.99 Å². The van der Waals surface area contributed by atoms with Crippen LogP contribution in [0.5, 0.6) is 5.75 Å². The van der Waals surface area contributed by atoms with E-state index < -0.39 is 0 Å². The van der Waals surface area contributed by atoms with E-state index in [1.165, 1.54) is 0 Å². The third-order valence-corrected chi connectivity index (χ3v) is 5.85. The molecular formula is C25H26BrN5O. The highest BCUT2D eigenvalue weighted by Crippen LogP contribution is 2.28. The number of nitrogens with one attached hydrogen (secondary N) is 1. The number of nitrogens with zero attached hydrogens (tertiary/aromatic N) is 4. The van der Waals surface area contributed by atoms with E-state index in [0.29, 0.717) is 18.2 Å². The average Bonchev–Trinajstić information content (AvgIpc) is 2.83. The number of fused-ring (bicyclic) bond motifs is 1. The van der Waals surface area contributed by atoms with Crippen LogP contribution in [0, 0.1) is 0 Å². The molecular weight excluding hydrogens is 466 g/mol. The maximum atomic E-state index is 5.96. The molecule has 164 valence electrons. The van der Waals surface area contributed by atoms with Gasteiger partial charge in [-0.1, -0.05) is 32.0 Å². The van der Waals surface area contributed by atoms with Crippen molar-refractivity contribution in [3.05, 3.63) is 71.5 Å². The molecule has 2 aromatic carbocycles. The Morgan fingerprint density at radius 3 is 2.72 bits per heavy atom. The van der Waals surface area contributed by atoms with Gasteiger partial charge in [-0.25, -0.2) is 9.97 Å². The average molecular weight is 492 g/mol. The van der Waals surface area contributed by atoms with Gasteiger partial charge in [0.2, 0.25) is 0 Å². The van der Waals surface area contributed by atoms with Crippen LogP contribution in [0.3, 0.4) is 0 Å². The van der Waals surface area contributed by atoms with Crippen LogP contribution in [-0.2, 0) is 0 Å². The molecule has 1 N–H and O–H groups in total. The number of aromatic nitrogens is 3. The van der Waals surface area contributed by atoms with Crippen LogP contribution >= 0.6 is 15.9 Å². The predicted octanol–water partition coefficient (Wildman–Crippen LogP) is 5.92. The van der Waals surface area contributed by atoms with E-state index in [1.54, 1.807) is 12.4 Å². The molecule has 7 heteroatoms. The fourth-order valence-electron chi connectivity index (χ4n) is 3.44. The second-order valence-electron chi connectivity index (χ2n) is 7.33. The fourth-order valence-corrected chi connectivity index (χ4v) is 3.73.